The molecule has 0 aromatic heterocycles. The molecular formula is C12H24OS. The Morgan fingerprint density at radius 2 is 2.14 bits per heavy atom. The van der Waals surface area contributed by atoms with E-state index in [1.807, 2.05) is 11.8 Å². The van der Waals surface area contributed by atoms with E-state index in [1.165, 1.54) is 31.4 Å². The molecule has 0 aliphatic carbocycles. The Bertz CT molecular complexity index is 139. The molecule has 1 fully saturated rings. The molecule has 2 unspecified atom stereocenters. The molecule has 0 aromatic carbocycles. The summed E-state index contributed by atoms with van der Waals surface area (Å²) in [5, 5.41) is 0. The van der Waals surface area contributed by atoms with Crippen LogP contribution in [0.3, 0.4) is 0 Å². The van der Waals surface area contributed by atoms with Gasteiger partial charge in [0.15, 0.2) is 0 Å². The Hall–Kier alpha value is 0.310. The van der Waals surface area contributed by atoms with E-state index in [2.05, 4.69) is 20.8 Å². The van der Waals surface area contributed by atoms with Crippen LogP contribution >= 0.6 is 11.8 Å². The Balaban J connectivity index is 2.09. The first kappa shape index (κ1) is 12.4. The van der Waals surface area contributed by atoms with Crippen molar-refractivity contribution >= 4 is 11.8 Å². The Kier molecular flexibility index (Phi) is 5.95. The predicted molar refractivity (Wildman–Crippen MR) is 64.7 cm³/mol. The summed E-state index contributed by atoms with van der Waals surface area (Å²) in [6, 6.07) is 0. The van der Waals surface area contributed by atoms with Crippen LogP contribution in [0.2, 0.25) is 0 Å². The monoisotopic (exact) mass is 216 g/mol. The summed E-state index contributed by atoms with van der Waals surface area (Å²) in [4.78, 5) is 0. The van der Waals surface area contributed by atoms with Gasteiger partial charge in [-0.3, -0.25) is 0 Å². The third-order valence-electron chi connectivity index (χ3n) is 2.71. The van der Waals surface area contributed by atoms with Crippen LogP contribution in [0.25, 0.3) is 0 Å². The lowest BCUT2D eigenvalue weighted by atomic mass is 10.00. The molecule has 0 amide bonds. The zero-order valence-corrected chi connectivity index (χ0v) is 10.6. The smallest absolute Gasteiger partial charge is 0.103 e. The predicted octanol–water partition coefficient (Wildman–Crippen LogP) is 3.93. The summed E-state index contributed by atoms with van der Waals surface area (Å²) in [7, 11) is 0. The van der Waals surface area contributed by atoms with Gasteiger partial charge in [-0.1, -0.05) is 33.6 Å². The van der Waals surface area contributed by atoms with Crippen LogP contribution < -0.4 is 0 Å². The molecule has 2 heteroatoms. The van der Waals surface area contributed by atoms with Crippen molar-refractivity contribution in [1.29, 1.82) is 0 Å². The molecule has 1 rings (SSSR count). The van der Waals surface area contributed by atoms with Crippen molar-refractivity contribution in [2.75, 3.05) is 12.4 Å². The quantitative estimate of drug-likeness (QED) is 0.688. The average Bonchev–Trinajstić information content (AvgIpc) is 2.17. The summed E-state index contributed by atoms with van der Waals surface area (Å²) in [5.74, 6) is 2.97. The van der Waals surface area contributed by atoms with Crippen LogP contribution in [0.5, 0.6) is 0 Å². The minimum absolute atomic E-state index is 0.496. The maximum absolute atomic E-state index is 5.83. The highest BCUT2D eigenvalue weighted by Gasteiger charge is 2.21. The van der Waals surface area contributed by atoms with Crippen molar-refractivity contribution in [1.82, 2.24) is 0 Å². The molecule has 1 heterocycles. The van der Waals surface area contributed by atoms with Crippen molar-refractivity contribution in [3.05, 3.63) is 0 Å². The van der Waals surface area contributed by atoms with Gasteiger partial charge in [0.05, 0.1) is 6.61 Å². The van der Waals surface area contributed by atoms with Crippen LogP contribution in [0.15, 0.2) is 0 Å². The Morgan fingerprint density at radius 1 is 1.36 bits per heavy atom. The summed E-state index contributed by atoms with van der Waals surface area (Å²) in [6.45, 7) is 7.84. The van der Waals surface area contributed by atoms with Gasteiger partial charge >= 0.3 is 0 Å². The fraction of sp³-hybridized carbons (Fsp3) is 1.00. The Labute approximate surface area is 93.0 Å². The molecular weight excluding hydrogens is 192 g/mol. The molecule has 1 aliphatic heterocycles. The van der Waals surface area contributed by atoms with Crippen molar-refractivity contribution in [2.45, 2.75) is 51.9 Å². The maximum Gasteiger partial charge on any atom is 0.103 e. The van der Waals surface area contributed by atoms with Crippen molar-refractivity contribution in [2.24, 2.45) is 11.8 Å². The van der Waals surface area contributed by atoms with E-state index in [0.29, 0.717) is 5.44 Å². The minimum atomic E-state index is 0.496. The maximum atomic E-state index is 5.83. The topological polar surface area (TPSA) is 9.23 Å². The first-order valence-electron chi connectivity index (χ1n) is 5.95. The zero-order valence-electron chi connectivity index (χ0n) is 9.79. The molecule has 0 bridgehead atoms. The summed E-state index contributed by atoms with van der Waals surface area (Å²) < 4.78 is 5.83. The molecule has 0 spiro atoms. The lowest BCUT2D eigenvalue weighted by Crippen LogP contribution is -2.25. The van der Waals surface area contributed by atoms with Crippen molar-refractivity contribution in [3.8, 4) is 0 Å². The van der Waals surface area contributed by atoms with Gasteiger partial charge in [-0.25, -0.2) is 0 Å². The van der Waals surface area contributed by atoms with E-state index in [1.54, 1.807) is 0 Å². The molecule has 0 aromatic rings. The lowest BCUT2D eigenvalue weighted by Gasteiger charge is -2.28. The van der Waals surface area contributed by atoms with Gasteiger partial charge in [0.1, 0.15) is 5.44 Å². The van der Waals surface area contributed by atoms with Gasteiger partial charge in [0.25, 0.3) is 0 Å². The lowest BCUT2D eigenvalue weighted by molar-refractivity contribution is 0.0676. The highest BCUT2D eigenvalue weighted by molar-refractivity contribution is 7.99. The second-order valence-electron chi connectivity index (χ2n) is 4.72. The van der Waals surface area contributed by atoms with Gasteiger partial charge in [-0.05, 0) is 24.7 Å². The van der Waals surface area contributed by atoms with Crippen LogP contribution in [0, 0.1) is 11.8 Å². The van der Waals surface area contributed by atoms with Gasteiger partial charge in [-0.2, -0.15) is 0 Å². The summed E-state index contributed by atoms with van der Waals surface area (Å²) >= 11 is 2.03. The summed E-state index contributed by atoms with van der Waals surface area (Å²) in [5.41, 5.74) is 0.496. The Morgan fingerprint density at radius 3 is 2.64 bits per heavy atom. The summed E-state index contributed by atoms with van der Waals surface area (Å²) in [6.07, 6.45) is 5.17. The van der Waals surface area contributed by atoms with E-state index in [4.69, 9.17) is 4.74 Å². The van der Waals surface area contributed by atoms with Crippen LogP contribution in [-0.4, -0.2) is 17.8 Å². The average molecular weight is 216 g/mol. The normalized spacial score (nSPS) is 28.3. The number of hydrogen-bond acceptors (Lipinski definition) is 2. The molecule has 0 radical (unpaired) electrons. The molecule has 2 atom stereocenters. The highest BCUT2D eigenvalue weighted by atomic mass is 32.2. The third-order valence-corrected chi connectivity index (χ3v) is 4.12. The molecule has 14 heavy (non-hydrogen) atoms. The zero-order chi connectivity index (χ0) is 10.4. The van der Waals surface area contributed by atoms with Crippen LogP contribution in [0.4, 0.5) is 0 Å². The molecule has 1 aliphatic rings. The van der Waals surface area contributed by atoms with Gasteiger partial charge in [-0.15, -0.1) is 11.8 Å². The molecule has 84 valence electrons. The van der Waals surface area contributed by atoms with E-state index >= 15 is 0 Å². The van der Waals surface area contributed by atoms with E-state index in [-0.39, 0.29) is 0 Å². The van der Waals surface area contributed by atoms with Gasteiger partial charge in [0.2, 0.25) is 0 Å². The number of thioether (sulfide) groups is 1. The minimum Gasteiger partial charge on any atom is -0.367 e. The third kappa shape index (κ3) is 4.70. The molecule has 0 saturated carbocycles. The number of rotatable bonds is 5. The van der Waals surface area contributed by atoms with E-state index < -0.39 is 0 Å². The largest absolute Gasteiger partial charge is 0.367 e. The first-order valence-corrected chi connectivity index (χ1v) is 7.00. The molecule has 1 saturated heterocycles. The molecule has 0 N–H and O–H groups in total. The molecule has 1 nitrogen and oxygen atoms in total. The van der Waals surface area contributed by atoms with Gasteiger partial charge < -0.3 is 4.74 Å². The van der Waals surface area contributed by atoms with Gasteiger partial charge in [0, 0.05) is 5.75 Å². The highest BCUT2D eigenvalue weighted by Crippen LogP contribution is 2.29. The number of ether oxygens (including phenoxy) is 1. The SMILES string of the molecule is CCCC1OCC(CCC(C)C)CS1. The van der Waals surface area contributed by atoms with E-state index in [9.17, 15) is 0 Å². The van der Waals surface area contributed by atoms with Crippen LogP contribution in [-0.2, 0) is 4.74 Å². The van der Waals surface area contributed by atoms with Crippen molar-refractivity contribution in [3.63, 3.8) is 0 Å². The van der Waals surface area contributed by atoms with Crippen LogP contribution in [0.1, 0.15) is 46.5 Å². The van der Waals surface area contributed by atoms with E-state index in [0.717, 1.165) is 18.4 Å². The standard InChI is InChI=1S/C12H24OS/c1-4-5-12-13-8-11(9-14-12)7-6-10(2)3/h10-12H,4-9H2,1-3H3. The van der Waals surface area contributed by atoms with Crippen molar-refractivity contribution < 1.29 is 4.74 Å². The fourth-order valence-electron chi connectivity index (χ4n) is 1.72. The number of hydrogen-bond donors (Lipinski definition) is 0. The first-order chi connectivity index (χ1) is 6.72. The second kappa shape index (κ2) is 6.73. The second-order valence-corrected chi connectivity index (χ2v) is 5.91. The fourth-order valence-corrected chi connectivity index (χ4v) is 3.05.